The van der Waals surface area contributed by atoms with Crippen LogP contribution in [0, 0.1) is 0 Å². The van der Waals surface area contributed by atoms with Gasteiger partial charge in [0.1, 0.15) is 11.5 Å². The molecule has 0 amide bonds. The summed E-state index contributed by atoms with van der Waals surface area (Å²) in [5, 5.41) is 3.50. The van der Waals surface area contributed by atoms with Crippen molar-refractivity contribution in [3.05, 3.63) is 59.7 Å². The quantitative estimate of drug-likeness (QED) is 0.690. The van der Waals surface area contributed by atoms with E-state index in [0.717, 1.165) is 23.3 Å². The second kappa shape index (κ2) is 8.94. The predicted octanol–water partition coefficient (Wildman–Crippen LogP) is 5.27. The number of halogens is 3. The fourth-order valence-electron chi connectivity index (χ4n) is 2.80. The van der Waals surface area contributed by atoms with Gasteiger partial charge in [-0.25, -0.2) is 0 Å². The maximum atomic E-state index is 12.3. The number of hydrogen-bond donors (Lipinski definition) is 1. The lowest BCUT2D eigenvalue weighted by molar-refractivity contribution is -0.274. The van der Waals surface area contributed by atoms with Crippen LogP contribution in [0.2, 0.25) is 0 Å². The van der Waals surface area contributed by atoms with Gasteiger partial charge < -0.3 is 14.8 Å². The smallest absolute Gasteiger partial charge is 0.497 e. The van der Waals surface area contributed by atoms with E-state index in [9.17, 15) is 13.2 Å². The highest BCUT2D eigenvalue weighted by Gasteiger charge is 2.31. The molecule has 0 saturated carbocycles. The number of alkyl halides is 3. The van der Waals surface area contributed by atoms with Crippen LogP contribution >= 0.6 is 0 Å². The average molecular weight is 367 g/mol. The third kappa shape index (κ3) is 6.59. The monoisotopic (exact) mass is 367 g/mol. The Hall–Kier alpha value is -2.21. The Morgan fingerprint density at radius 1 is 1.00 bits per heavy atom. The van der Waals surface area contributed by atoms with Crippen molar-refractivity contribution in [2.24, 2.45) is 0 Å². The van der Waals surface area contributed by atoms with Crippen LogP contribution in [0.15, 0.2) is 48.5 Å². The van der Waals surface area contributed by atoms with Crippen LogP contribution in [0.25, 0.3) is 0 Å². The number of aryl methyl sites for hydroxylation is 1. The molecule has 6 heteroatoms. The minimum absolute atomic E-state index is 0.139. The van der Waals surface area contributed by atoms with Crippen molar-refractivity contribution in [3.63, 3.8) is 0 Å². The van der Waals surface area contributed by atoms with E-state index < -0.39 is 6.36 Å². The number of hydrogen-bond acceptors (Lipinski definition) is 3. The molecule has 0 aromatic heterocycles. The molecule has 142 valence electrons. The van der Waals surface area contributed by atoms with Gasteiger partial charge in [0.25, 0.3) is 0 Å². The molecule has 2 rings (SSSR count). The third-order valence-corrected chi connectivity index (χ3v) is 4.13. The van der Waals surface area contributed by atoms with Gasteiger partial charge in [0.15, 0.2) is 0 Å². The first-order chi connectivity index (χ1) is 12.3. The van der Waals surface area contributed by atoms with Crippen molar-refractivity contribution in [1.29, 1.82) is 0 Å². The minimum Gasteiger partial charge on any atom is -0.497 e. The van der Waals surface area contributed by atoms with E-state index in [0.29, 0.717) is 6.42 Å². The first-order valence-corrected chi connectivity index (χ1v) is 8.51. The topological polar surface area (TPSA) is 30.5 Å². The van der Waals surface area contributed by atoms with E-state index in [-0.39, 0.29) is 17.8 Å². The molecule has 3 nitrogen and oxygen atoms in total. The normalized spacial score (nSPS) is 13.9. The van der Waals surface area contributed by atoms with Crippen molar-refractivity contribution >= 4 is 0 Å². The summed E-state index contributed by atoms with van der Waals surface area (Å²) in [6, 6.07) is 14.3. The van der Waals surface area contributed by atoms with E-state index in [2.05, 4.69) is 23.9 Å². The fraction of sp³-hybridized carbons (Fsp3) is 0.400. The molecule has 0 spiro atoms. The van der Waals surface area contributed by atoms with Gasteiger partial charge in [-0.05, 0) is 62.1 Å². The second-order valence-electron chi connectivity index (χ2n) is 6.30. The summed E-state index contributed by atoms with van der Waals surface area (Å²) in [6.07, 6.45) is -3.21. The molecule has 2 unspecified atom stereocenters. The molecule has 0 radical (unpaired) electrons. The molecule has 2 atom stereocenters. The van der Waals surface area contributed by atoms with Gasteiger partial charge in [-0.3, -0.25) is 0 Å². The lowest BCUT2D eigenvalue weighted by Gasteiger charge is -2.21. The van der Waals surface area contributed by atoms with Gasteiger partial charge >= 0.3 is 6.36 Å². The highest BCUT2D eigenvalue weighted by molar-refractivity contribution is 5.30. The van der Waals surface area contributed by atoms with E-state index in [1.165, 1.54) is 12.1 Å². The van der Waals surface area contributed by atoms with E-state index in [1.54, 1.807) is 19.2 Å². The van der Waals surface area contributed by atoms with Gasteiger partial charge in [0, 0.05) is 12.1 Å². The van der Waals surface area contributed by atoms with Gasteiger partial charge in [0.2, 0.25) is 0 Å². The molecule has 0 aliphatic heterocycles. The Kier molecular flexibility index (Phi) is 6.91. The standard InChI is InChI=1S/C20H24F3NO2/c1-14(24-15(2)17-7-5-8-18(13-17)25-3)10-11-16-6-4-9-19(12-16)26-20(21,22)23/h4-9,12-15,24H,10-11H2,1-3H3. The first kappa shape index (κ1) is 20.1. The van der Waals surface area contributed by atoms with Crippen molar-refractivity contribution in [3.8, 4) is 11.5 Å². The summed E-state index contributed by atoms with van der Waals surface area (Å²) in [6.45, 7) is 4.13. The van der Waals surface area contributed by atoms with Gasteiger partial charge in [-0.1, -0.05) is 24.3 Å². The molecule has 26 heavy (non-hydrogen) atoms. The Labute approximate surface area is 152 Å². The molecule has 2 aromatic carbocycles. The Bertz CT molecular complexity index is 703. The Morgan fingerprint density at radius 3 is 2.38 bits per heavy atom. The van der Waals surface area contributed by atoms with Crippen LogP contribution < -0.4 is 14.8 Å². The number of benzene rings is 2. The van der Waals surface area contributed by atoms with Crippen LogP contribution in [0.1, 0.15) is 37.4 Å². The number of methoxy groups -OCH3 is 1. The zero-order chi connectivity index (χ0) is 19.2. The maximum Gasteiger partial charge on any atom is 0.573 e. The minimum atomic E-state index is -4.67. The summed E-state index contributed by atoms with van der Waals surface area (Å²) in [7, 11) is 1.64. The third-order valence-electron chi connectivity index (χ3n) is 4.13. The van der Waals surface area contributed by atoms with Crippen LogP contribution in [-0.2, 0) is 6.42 Å². The fourth-order valence-corrected chi connectivity index (χ4v) is 2.80. The Morgan fingerprint density at radius 2 is 1.69 bits per heavy atom. The van der Waals surface area contributed by atoms with Crippen LogP contribution in [-0.4, -0.2) is 19.5 Å². The molecule has 0 fully saturated rings. The van der Waals surface area contributed by atoms with Crippen LogP contribution in [0.5, 0.6) is 11.5 Å². The van der Waals surface area contributed by atoms with Crippen molar-refractivity contribution in [2.45, 2.75) is 45.1 Å². The van der Waals surface area contributed by atoms with Gasteiger partial charge in [0.05, 0.1) is 7.11 Å². The number of nitrogens with one attached hydrogen (secondary N) is 1. The summed E-state index contributed by atoms with van der Waals surface area (Å²) in [4.78, 5) is 0. The number of ether oxygens (including phenoxy) is 2. The Balaban J connectivity index is 1.88. The summed E-state index contributed by atoms with van der Waals surface area (Å²) in [5.41, 5.74) is 1.94. The first-order valence-electron chi connectivity index (χ1n) is 8.51. The highest BCUT2D eigenvalue weighted by Crippen LogP contribution is 2.24. The molecule has 2 aromatic rings. The zero-order valence-corrected chi connectivity index (χ0v) is 15.1. The molecule has 0 heterocycles. The van der Waals surface area contributed by atoms with Crippen LogP contribution in [0.4, 0.5) is 13.2 Å². The van der Waals surface area contributed by atoms with Gasteiger partial charge in [-0.2, -0.15) is 0 Å². The average Bonchev–Trinajstić information content (AvgIpc) is 2.59. The zero-order valence-electron chi connectivity index (χ0n) is 15.1. The van der Waals surface area contributed by atoms with Crippen molar-refractivity contribution < 1.29 is 22.6 Å². The molecule has 0 aliphatic rings. The molecule has 0 aliphatic carbocycles. The van der Waals surface area contributed by atoms with E-state index in [1.807, 2.05) is 24.3 Å². The van der Waals surface area contributed by atoms with Crippen LogP contribution in [0.3, 0.4) is 0 Å². The van der Waals surface area contributed by atoms with Crippen molar-refractivity contribution in [2.75, 3.05) is 7.11 Å². The highest BCUT2D eigenvalue weighted by atomic mass is 19.4. The SMILES string of the molecule is COc1cccc(C(C)NC(C)CCc2cccc(OC(F)(F)F)c2)c1. The molecule has 0 bridgehead atoms. The largest absolute Gasteiger partial charge is 0.573 e. The number of rotatable bonds is 8. The summed E-state index contributed by atoms with van der Waals surface area (Å²) < 4.78 is 46.1. The summed E-state index contributed by atoms with van der Waals surface area (Å²) >= 11 is 0. The maximum absolute atomic E-state index is 12.3. The molecule has 1 N–H and O–H groups in total. The summed E-state index contributed by atoms with van der Waals surface area (Å²) in [5.74, 6) is 0.630. The molecular weight excluding hydrogens is 343 g/mol. The second-order valence-corrected chi connectivity index (χ2v) is 6.30. The van der Waals surface area contributed by atoms with Crippen molar-refractivity contribution in [1.82, 2.24) is 5.32 Å². The van der Waals surface area contributed by atoms with E-state index in [4.69, 9.17) is 4.74 Å². The van der Waals surface area contributed by atoms with E-state index >= 15 is 0 Å². The lowest BCUT2D eigenvalue weighted by Crippen LogP contribution is -2.29. The molecular formula is C20H24F3NO2. The molecule has 0 saturated heterocycles. The predicted molar refractivity (Wildman–Crippen MR) is 95.5 cm³/mol. The lowest BCUT2D eigenvalue weighted by atomic mass is 10.0. The van der Waals surface area contributed by atoms with Gasteiger partial charge in [-0.15, -0.1) is 13.2 Å².